The molecule has 2 rings (SSSR count). The van der Waals surface area contributed by atoms with Crippen molar-refractivity contribution < 1.29 is 4.74 Å². The van der Waals surface area contributed by atoms with Crippen LogP contribution in [0.15, 0.2) is 0 Å². The number of morpholine rings is 1. The van der Waals surface area contributed by atoms with Gasteiger partial charge in [0, 0.05) is 18.6 Å². The number of nitrogens with zero attached hydrogens (tertiary/aromatic N) is 2. The molecule has 0 aromatic carbocycles. The van der Waals surface area contributed by atoms with Gasteiger partial charge in [-0.2, -0.15) is 5.26 Å². The molecular formula is C14H24N2O. The summed E-state index contributed by atoms with van der Waals surface area (Å²) in [5.41, 5.74) is 0. The highest BCUT2D eigenvalue weighted by molar-refractivity contribution is 4.96. The van der Waals surface area contributed by atoms with Crippen LogP contribution in [-0.4, -0.2) is 36.7 Å². The third kappa shape index (κ3) is 3.00. The maximum Gasteiger partial charge on any atom is 0.0672 e. The zero-order valence-electron chi connectivity index (χ0n) is 10.9. The first kappa shape index (κ1) is 12.9. The van der Waals surface area contributed by atoms with Crippen LogP contribution in [0, 0.1) is 17.2 Å². The molecule has 2 aliphatic rings. The summed E-state index contributed by atoms with van der Waals surface area (Å²) < 4.78 is 5.57. The predicted octanol–water partition coefficient (Wildman–Crippen LogP) is 2.57. The van der Waals surface area contributed by atoms with E-state index in [0.717, 1.165) is 32.6 Å². The van der Waals surface area contributed by atoms with E-state index >= 15 is 0 Å². The minimum absolute atomic E-state index is 0.240. The Bertz CT molecular complexity index is 274. The van der Waals surface area contributed by atoms with Crippen LogP contribution >= 0.6 is 0 Å². The van der Waals surface area contributed by atoms with Crippen molar-refractivity contribution in [1.29, 1.82) is 5.26 Å². The summed E-state index contributed by atoms with van der Waals surface area (Å²) in [4.78, 5) is 2.57. The molecule has 1 saturated carbocycles. The Morgan fingerprint density at radius 1 is 1.29 bits per heavy atom. The first-order valence-corrected chi connectivity index (χ1v) is 7.10. The lowest BCUT2D eigenvalue weighted by molar-refractivity contribution is -0.0391. The maximum atomic E-state index is 9.37. The van der Waals surface area contributed by atoms with Gasteiger partial charge in [0.15, 0.2) is 0 Å². The molecule has 2 fully saturated rings. The van der Waals surface area contributed by atoms with Crippen LogP contribution in [0.3, 0.4) is 0 Å². The minimum Gasteiger partial charge on any atom is -0.378 e. The lowest BCUT2D eigenvalue weighted by Crippen LogP contribution is -2.52. The lowest BCUT2D eigenvalue weighted by Gasteiger charge is -2.42. The van der Waals surface area contributed by atoms with E-state index in [-0.39, 0.29) is 5.92 Å². The first-order valence-electron chi connectivity index (χ1n) is 7.10. The van der Waals surface area contributed by atoms with Crippen molar-refractivity contribution in [1.82, 2.24) is 4.90 Å². The third-order valence-corrected chi connectivity index (χ3v) is 4.32. The Labute approximate surface area is 105 Å². The van der Waals surface area contributed by atoms with E-state index in [1.54, 1.807) is 0 Å². The maximum absolute atomic E-state index is 9.37. The molecular weight excluding hydrogens is 212 g/mol. The molecule has 1 aliphatic heterocycles. The van der Waals surface area contributed by atoms with Gasteiger partial charge in [0.05, 0.1) is 25.2 Å². The molecule has 3 atom stereocenters. The average Bonchev–Trinajstić information content (AvgIpc) is 2.63. The summed E-state index contributed by atoms with van der Waals surface area (Å²) in [5, 5.41) is 9.37. The normalized spacial score (nSPS) is 36.1. The third-order valence-electron chi connectivity index (χ3n) is 4.32. The fourth-order valence-electron chi connectivity index (χ4n) is 3.29. The van der Waals surface area contributed by atoms with E-state index in [2.05, 4.69) is 17.9 Å². The highest BCUT2D eigenvalue weighted by atomic mass is 16.5. The van der Waals surface area contributed by atoms with Crippen LogP contribution in [0.2, 0.25) is 0 Å². The molecule has 0 aromatic rings. The summed E-state index contributed by atoms with van der Waals surface area (Å²) in [6, 6.07) is 3.57. The summed E-state index contributed by atoms with van der Waals surface area (Å²) in [6.45, 7) is 4.93. The van der Waals surface area contributed by atoms with Gasteiger partial charge in [-0.1, -0.05) is 26.2 Å². The largest absolute Gasteiger partial charge is 0.378 e. The van der Waals surface area contributed by atoms with Crippen molar-refractivity contribution in [3.05, 3.63) is 0 Å². The number of nitriles is 1. The molecule has 0 bridgehead atoms. The van der Waals surface area contributed by atoms with Crippen molar-refractivity contribution in [2.45, 2.75) is 57.5 Å². The first-order chi connectivity index (χ1) is 8.36. The van der Waals surface area contributed by atoms with Crippen LogP contribution in [0.4, 0.5) is 0 Å². The molecule has 0 radical (unpaired) electrons. The number of hydrogen-bond donors (Lipinski definition) is 0. The molecule has 0 spiro atoms. The van der Waals surface area contributed by atoms with Gasteiger partial charge in [0.1, 0.15) is 0 Å². The van der Waals surface area contributed by atoms with Gasteiger partial charge in [-0.05, 0) is 19.3 Å². The van der Waals surface area contributed by atoms with E-state index in [0.29, 0.717) is 12.1 Å². The predicted molar refractivity (Wildman–Crippen MR) is 67.6 cm³/mol. The Morgan fingerprint density at radius 2 is 2.12 bits per heavy atom. The molecule has 3 unspecified atom stereocenters. The van der Waals surface area contributed by atoms with E-state index in [9.17, 15) is 5.26 Å². The Hall–Kier alpha value is -0.590. The van der Waals surface area contributed by atoms with Crippen molar-refractivity contribution in [3.63, 3.8) is 0 Å². The molecule has 0 amide bonds. The van der Waals surface area contributed by atoms with Gasteiger partial charge >= 0.3 is 0 Å². The van der Waals surface area contributed by atoms with Gasteiger partial charge in [-0.3, -0.25) is 4.90 Å². The molecule has 1 saturated heterocycles. The monoisotopic (exact) mass is 236 g/mol. The van der Waals surface area contributed by atoms with Crippen LogP contribution in [0.1, 0.15) is 45.4 Å². The summed E-state index contributed by atoms with van der Waals surface area (Å²) >= 11 is 0. The average molecular weight is 236 g/mol. The van der Waals surface area contributed by atoms with E-state index in [4.69, 9.17) is 4.74 Å². The zero-order valence-corrected chi connectivity index (χ0v) is 10.9. The van der Waals surface area contributed by atoms with Gasteiger partial charge in [0.2, 0.25) is 0 Å². The van der Waals surface area contributed by atoms with Gasteiger partial charge < -0.3 is 4.74 Å². The smallest absolute Gasteiger partial charge is 0.0672 e. The van der Waals surface area contributed by atoms with Crippen LogP contribution in [0.25, 0.3) is 0 Å². The van der Waals surface area contributed by atoms with Crippen molar-refractivity contribution in [2.75, 3.05) is 19.8 Å². The molecule has 0 N–H and O–H groups in total. The molecule has 3 nitrogen and oxygen atoms in total. The van der Waals surface area contributed by atoms with Crippen LogP contribution in [-0.2, 0) is 4.74 Å². The second-order valence-corrected chi connectivity index (χ2v) is 5.32. The Morgan fingerprint density at radius 3 is 2.88 bits per heavy atom. The summed E-state index contributed by atoms with van der Waals surface area (Å²) in [7, 11) is 0. The molecule has 17 heavy (non-hydrogen) atoms. The highest BCUT2D eigenvalue weighted by Crippen LogP contribution is 2.29. The van der Waals surface area contributed by atoms with E-state index in [1.807, 2.05) is 0 Å². The fraction of sp³-hybridized carbons (Fsp3) is 0.929. The van der Waals surface area contributed by atoms with Gasteiger partial charge in [-0.25, -0.2) is 0 Å². The molecule has 96 valence electrons. The Kier molecular flexibility index (Phi) is 4.82. The van der Waals surface area contributed by atoms with Crippen molar-refractivity contribution in [3.8, 4) is 6.07 Å². The van der Waals surface area contributed by atoms with Gasteiger partial charge in [-0.15, -0.1) is 0 Å². The number of hydrogen-bond acceptors (Lipinski definition) is 3. The fourth-order valence-corrected chi connectivity index (χ4v) is 3.29. The second kappa shape index (κ2) is 6.37. The van der Waals surface area contributed by atoms with E-state index < -0.39 is 0 Å². The second-order valence-electron chi connectivity index (χ2n) is 5.32. The topological polar surface area (TPSA) is 36.3 Å². The quantitative estimate of drug-likeness (QED) is 0.691. The standard InChI is InChI=1S/C14H24N2O/c1-2-13-11-17-9-8-16(13)14-7-5-3-4-6-12(14)10-15/h12-14H,2-9,11H2,1H3. The number of ether oxygens (including phenoxy) is 1. The Balaban J connectivity index is 2.08. The SMILES string of the molecule is CCC1COCCN1C1CCCCCC1C#N. The van der Waals surface area contributed by atoms with Crippen LogP contribution in [0.5, 0.6) is 0 Å². The molecule has 0 aromatic heterocycles. The summed E-state index contributed by atoms with van der Waals surface area (Å²) in [6.07, 6.45) is 7.25. The highest BCUT2D eigenvalue weighted by Gasteiger charge is 2.34. The van der Waals surface area contributed by atoms with Gasteiger partial charge in [0.25, 0.3) is 0 Å². The molecule has 1 heterocycles. The van der Waals surface area contributed by atoms with Crippen molar-refractivity contribution in [2.24, 2.45) is 5.92 Å². The molecule has 3 heteroatoms. The minimum atomic E-state index is 0.240. The number of rotatable bonds is 2. The van der Waals surface area contributed by atoms with Crippen molar-refractivity contribution >= 4 is 0 Å². The van der Waals surface area contributed by atoms with Crippen LogP contribution < -0.4 is 0 Å². The lowest BCUT2D eigenvalue weighted by atomic mass is 9.92. The summed E-state index contributed by atoms with van der Waals surface area (Å²) in [5.74, 6) is 0.240. The van der Waals surface area contributed by atoms with E-state index in [1.165, 1.54) is 25.7 Å². The zero-order chi connectivity index (χ0) is 12.1. The molecule has 1 aliphatic carbocycles.